The molecule has 39 heavy (non-hydrogen) atoms. The van der Waals surface area contributed by atoms with Crippen LogP contribution in [0.25, 0.3) is 0 Å². The molecule has 2 fully saturated rings. The molecule has 3 unspecified atom stereocenters. The van der Waals surface area contributed by atoms with Crippen LogP contribution in [0, 0.1) is 46.3 Å². The fraction of sp³-hybridized carbons (Fsp3) is 0.613. The number of carbonyl (C=O) groups excluding carboxylic acids is 6. The van der Waals surface area contributed by atoms with Gasteiger partial charge < -0.3 is 10.2 Å². The van der Waals surface area contributed by atoms with Crippen LogP contribution >= 0.6 is 0 Å². The molecule has 0 radical (unpaired) electrons. The van der Waals surface area contributed by atoms with Gasteiger partial charge in [-0.3, -0.25) is 28.8 Å². The van der Waals surface area contributed by atoms with Crippen molar-refractivity contribution in [3.05, 3.63) is 29.3 Å². The lowest BCUT2D eigenvalue weighted by Crippen LogP contribution is -2.80. The van der Waals surface area contributed by atoms with Crippen LogP contribution in [0.5, 0.6) is 5.75 Å². The smallest absolute Gasteiger partial charge is 0.190 e. The number of fused-ring (bicyclic) bond motifs is 3. The van der Waals surface area contributed by atoms with Crippen molar-refractivity contribution in [1.82, 2.24) is 0 Å². The van der Waals surface area contributed by atoms with E-state index >= 15 is 0 Å². The molecule has 0 heterocycles. The average Bonchev–Trinajstić information content (AvgIpc) is 2.82. The summed E-state index contributed by atoms with van der Waals surface area (Å²) in [6, 6.07) is 4.63. The van der Waals surface area contributed by atoms with Gasteiger partial charge in [0.2, 0.25) is 0 Å². The number of hydrogen-bond acceptors (Lipinski definition) is 8. The van der Waals surface area contributed by atoms with Crippen molar-refractivity contribution >= 4 is 34.7 Å². The van der Waals surface area contributed by atoms with Gasteiger partial charge in [0.05, 0.1) is 11.5 Å². The minimum absolute atomic E-state index is 0.0511. The Morgan fingerprint density at radius 2 is 1.59 bits per heavy atom. The molecule has 0 amide bonds. The Hall–Kier alpha value is -3.00. The summed E-state index contributed by atoms with van der Waals surface area (Å²) in [5.41, 5.74) is -5.49. The Balaban J connectivity index is 2.15. The van der Waals surface area contributed by atoms with Gasteiger partial charge in [-0.15, -0.1) is 0 Å². The Bertz CT molecular complexity index is 1320. The summed E-state index contributed by atoms with van der Waals surface area (Å²) < 4.78 is 0. The third-order valence-corrected chi connectivity index (χ3v) is 10.5. The molecule has 2 saturated carbocycles. The molecular formula is C31H38O8. The second-order valence-corrected chi connectivity index (χ2v) is 12.9. The van der Waals surface area contributed by atoms with Crippen molar-refractivity contribution in [3.63, 3.8) is 0 Å². The number of hydrogen-bond donors (Lipinski definition) is 2. The van der Waals surface area contributed by atoms with Crippen molar-refractivity contribution in [3.8, 4) is 5.75 Å². The number of aliphatic hydroxyl groups is 1. The summed E-state index contributed by atoms with van der Waals surface area (Å²) in [4.78, 5) is 82.6. The minimum Gasteiger partial charge on any atom is -0.507 e. The Morgan fingerprint density at radius 3 is 2.10 bits per heavy atom. The Labute approximate surface area is 228 Å². The lowest BCUT2D eigenvalue weighted by molar-refractivity contribution is -0.226. The summed E-state index contributed by atoms with van der Waals surface area (Å²) in [6.45, 7) is 13.0. The van der Waals surface area contributed by atoms with Gasteiger partial charge in [0.25, 0.3) is 0 Å². The zero-order valence-electron chi connectivity index (χ0n) is 23.8. The summed E-state index contributed by atoms with van der Waals surface area (Å²) in [6.07, 6.45) is -0.183. The molecule has 3 aliphatic rings. The van der Waals surface area contributed by atoms with Crippen molar-refractivity contribution < 1.29 is 39.0 Å². The number of phenolic OH excluding ortho intramolecular Hbond substituents is 1. The van der Waals surface area contributed by atoms with Gasteiger partial charge in [-0.1, -0.05) is 60.6 Å². The fourth-order valence-corrected chi connectivity index (χ4v) is 8.39. The minimum atomic E-state index is -2.87. The maximum absolute atomic E-state index is 14.5. The van der Waals surface area contributed by atoms with E-state index in [-0.39, 0.29) is 23.5 Å². The summed E-state index contributed by atoms with van der Waals surface area (Å²) >= 11 is 0. The highest BCUT2D eigenvalue weighted by Gasteiger charge is 2.80. The van der Waals surface area contributed by atoms with Gasteiger partial charge in [-0.25, -0.2) is 0 Å². The largest absolute Gasteiger partial charge is 0.507 e. The maximum atomic E-state index is 14.5. The summed E-state index contributed by atoms with van der Waals surface area (Å²) in [5.74, 6) is -12.0. The van der Waals surface area contributed by atoms with Gasteiger partial charge in [0, 0.05) is 23.7 Å². The highest BCUT2D eigenvalue weighted by Crippen LogP contribution is 2.70. The van der Waals surface area contributed by atoms with Crippen LogP contribution < -0.4 is 0 Å². The first-order valence-electron chi connectivity index (χ1n) is 13.7. The van der Waals surface area contributed by atoms with Crippen LogP contribution in [0.3, 0.4) is 0 Å². The van der Waals surface area contributed by atoms with Gasteiger partial charge in [-0.2, -0.15) is 0 Å². The molecule has 1 aromatic rings. The van der Waals surface area contributed by atoms with E-state index in [1.54, 1.807) is 53.7 Å². The van der Waals surface area contributed by atoms with Crippen LogP contribution in [-0.4, -0.2) is 50.5 Å². The molecular weight excluding hydrogens is 500 g/mol. The summed E-state index contributed by atoms with van der Waals surface area (Å²) in [7, 11) is 0. The fourth-order valence-electron chi connectivity index (χ4n) is 8.39. The predicted octanol–water partition coefficient (Wildman–Crippen LogP) is 3.50. The molecule has 3 aliphatic carbocycles. The van der Waals surface area contributed by atoms with Crippen molar-refractivity contribution in [1.29, 1.82) is 0 Å². The first-order valence-corrected chi connectivity index (χ1v) is 13.7. The van der Waals surface area contributed by atoms with Crippen molar-refractivity contribution in [2.45, 2.75) is 73.3 Å². The van der Waals surface area contributed by atoms with Crippen LogP contribution in [0.2, 0.25) is 0 Å². The molecule has 8 atom stereocenters. The second-order valence-electron chi connectivity index (χ2n) is 12.9. The number of aromatic hydroxyl groups is 1. The van der Waals surface area contributed by atoms with E-state index in [2.05, 4.69) is 0 Å². The predicted molar refractivity (Wildman–Crippen MR) is 141 cm³/mol. The van der Waals surface area contributed by atoms with Gasteiger partial charge in [0.15, 0.2) is 28.7 Å². The molecule has 4 rings (SSSR count). The standard InChI is InChI=1S/C31H38O8/c1-13(2)19(34)12-20-29(7)15(5)17-10-9-11-18(33)22(17)26(36)24(29)28(38)31(39)27(37)21(16(6)32)25(35)23(14(3)4)30(20,31)8/h9-11,13-15,20-21,23-24,33,39H,12H2,1-8H3/t15-,20-,21?,23?,24?,29-,30-,31+/m1/s1. The van der Waals surface area contributed by atoms with E-state index in [0.29, 0.717) is 5.56 Å². The highest BCUT2D eigenvalue weighted by molar-refractivity contribution is 6.32. The van der Waals surface area contributed by atoms with Crippen molar-refractivity contribution in [2.24, 2.45) is 46.3 Å². The molecule has 0 saturated heterocycles. The third kappa shape index (κ3) is 3.39. The van der Waals surface area contributed by atoms with Gasteiger partial charge in [0.1, 0.15) is 23.2 Å². The molecule has 1 aromatic carbocycles. The first kappa shape index (κ1) is 29.0. The molecule has 0 spiro atoms. The maximum Gasteiger partial charge on any atom is 0.190 e. The topological polar surface area (TPSA) is 143 Å². The lowest BCUT2D eigenvalue weighted by atomic mass is 9.34. The van der Waals surface area contributed by atoms with Crippen molar-refractivity contribution in [2.75, 3.05) is 0 Å². The van der Waals surface area contributed by atoms with Crippen LogP contribution in [0.4, 0.5) is 0 Å². The molecule has 0 bridgehead atoms. The molecule has 8 nitrogen and oxygen atoms in total. The molecule has 8 heteroatoms. The molecule has 210 valence electrons. The van der Waals surface area contributed by atoms with E-state index in [9.17, 15) is 39.0 Å². The highest BCUT2D eigenvalue weighted by atomic mass is 16.3. The number of Topliss-reactive ketones (excluding diaryl/α,β-unsaturated/α-hetero) is 6. The average molecular weight is 539 g/mol. The Morgan fingerprint density at radius 1 is 1.00 bits per heavy atom. The normalized spacial score (nSPS) is 38.0. The lowest BCUT2D eigenvalue weighted by Gasteiger charge is -2.67. The summed E-state index contributed by atoms with van der Waals surface area (Å²) in [5, 5.41) is 23.1. The molecule has 0 aliphatic heterocycles. The number of carbonyl (C=O) groups is 6. The molecule has 0 aromatic heterocycles. The van der Waals surface area contributed by atoms with Crippen LogP contribution in [0.15, 0.2) is 18.2 Å². The van der Waals surface area contributed by atoms with E-state index in [1.807, 2.05) is 0 Å². The van der Waals surface area contributed by atoms with E-state index < -0.39 is 86.8 Å². The van der Waals surface area contributed by atoms with Crippen LogP contribution in [-0.2, 0) is 24.0 Å². The SMILES string of the molecule is CC(=O)C1C(=O)C(C(C)C)[C@@]2(C)[C@H](CC(=O)C(C)C)[C@]3(C)C(C(=O)c4c(O)cccc4[C@H]3C)C(=O)[C@@]2(O)C1=O. The third-order valence-electron chi connectivity index (χ3n) is 10.5. The van der Waals surface area contributed by atoms with E-state index in [4.69, 9.17) is 0 Å². The second kappa shape index (κ2) is 9.01. The monoisotopic (exact) mass is 538 g/mol. The van der Waals surface area contributed by atoms with Gasteiger partial charge >= 0.3 is 0 Å². The van der Waals surface area contributed by atoms with Crippen LogP contribution in [0.1, 0.15) is 83.7 Å². The first-order chi connectivity index (χ1) is 17.9. The number of ketones is 6. The zero-order valence-corrected chi connectivity index (χ0v) is 23.8. The van der Waals surface area contributed by atoms with E-state index in [0.717, 1.165) is 6.92 Å². The molecule has 2 N–H and O–H groups in total. The number of rotatable bonds is 5. The number of phenols is 1. The number of benzene rings is 1. The van der Waals surface area contributed by atoms with Gasteiger partial charge in [-0.05, 0) is 41.7 Å². The van der Waals surface area contributed by atoms with E-state index in [1.165, 1.54) is 13.0 Å². The zero-order chi connectivity index (χ0) is 29.6. The quantitative estimate of drug-likeness (QED) is 0.543. The Kier molecular flexibility index (Phi) is 6.70.